The molecule has 2 heteroatoms. The molecule has 0 unspecified atom stereocenters. The van der Waals surface area contributed by atoms with Crippen molar-refractivity contribution in [3.05, 3.63) is 152 Å². The molecule has 6 aromatic carbocycles. The largest absolute Gasteiger partial charge is 0.344 e. The Morgan fingerprint density at radius 1 is 0.378 bits per heavy atom. The van der Waals surface area contributed by atoms with Crippen LogP contribution in [0.3, 0.4) is 0 Å². The Morgan fingerprint density at radius 2 is 0.865 bits per heavy atom. The van der Waals surface area contributed by atoms with Crippen molar-refractivity contribution in [1.82, 2.24) is 0 Å². The number of nitrogens with zero attached hydrogens (tertiary/aromatic N) is 2. The Morgan fingerprint density at radius 3 is 1.57 bits per heavy atom. The molecule has 0 saturated heterocycles. The van der Waals surface area contributed by atoms with Crippen molar-refractivity contribution in [2.75, 3.05) is 16.8 Å². The highest BCUT2D eigenvalue weighted by Gasteiger charge is 2.14. The third kappa shape index (κ3) is 4.57. The minimum atomic E-state index is 1.12. The zero-order valence-corrected chi connectivity index (χ0v) is 20.8. The van der Waals surface area contributed by atoms with Crippen LogP contribution in [0.15, 0.2) is 152 Å². The van der Waals surface area contributed by atoms with Gasteiger partial charge in [-0.2, -0.15) is 0 Å². The second-order valence-corrected chi connectivity index (χ2v) is 9.16. The van der Waals surface area contributed by atoms with Crippen LogP contribution in [-0.2, 0) is 0 Å². The Bertz CT molecular complexity index is 1600. The molecule has 0 amide bonds. The predicted molar refractivity (Wildman–Crippen MR) is 159 cm³/mol. The molecule has 0 fully saturated rings. The van der Waals surface area contributed by atoms with Crippen LogP contribution in [0.25, 0.3) is 21.9 Å². The van der Waals surface area contributed by atoms with Gasteiger partial charge in [-0.1, -0.05) is 97.1 Å². The second-order valence-electron chi connectivity index (χ2n) is 9.16. The fourth-order valence-corrected chi connectivity index (χ4v) is 4.92. The van der Waals surface area contributed by atoms with Gasteiger partial charge in [-0.15, -0.1) is 0 Å². The number of para-hydroxylation sites is 1. The predicted octanol–water partition coefficient (Wildman–Crippen LogP) is 9.74. The SMILES string of the molecule is CN(c1ccc(N(c2ccccc2)c2ccc(-c3ccccc3)cc2)cc1)c1cccc2ccccc12. The molecule has 0 radical (unpaired) electrons. The monoisotopic (exact) mass is 476 g/mol. The van der Waals surface area contributed by atoms with E-state index in [0.717, 1.165) is 22.7 Å². The molecule has 6 rings (SSSR count). The highest BCUT2D eigenvalue weighted by atomic mass is 15.1. The van der Waals surface area contributed by atoms with Crippen LogP contribution < -0.4 is 9.80 Å². The fraction of sp³-hybridized carbons (Fsp3) is 0.0286. The molecule has 0 saturated carbocycles. The quantitative estimate of drug-likeness (QED) is 0.236. The van der Waals surface area contributed by atoms with Crippen molar-refractivity contribution >= 4 is 39.2 Å². The van der Waals surface area contributed by atoms with Crippen molar-refractivity contribution < 1.29 is 0 Å². The molecule has 37 heavy (non-hydrogen) atoms. The first kappa shape index (κ1) is 22.6. The van der Waals surface area contributed by atoms with Crippen molar-refractivity contribution in [2.45, 2.75) is 0 Å². The molecule has 0 aromatic heterocycles. The van der Waals surface area contributed by atoms with Gasteiger partial charge in [0.15, 0.2) is 0 Å². The molecule has 2 nitrogen and oxygen atoms in total. The number of benzene rings is 6. The van der Waals surface area contributed by atoms with Crippen LogP contribution in [0.2, 0.25) is 0 Å². The molecule has 0 N–H and O–H groups in total. The van der Waals surface area contributed by atoms with E-state index in [4.69, 9.17) is 0 Å². The number of fused-ring (bicyclic) bond motifs is 1. The van der Waals surface area contributed by atoms with Gasteiger partial charge in [0.2, 0.25) is 0 Å². The van der Waals surface area contributed by atoms with Crippen LogP contribution in [0.1, 0.15) is 0 Å². The average Bonchev–Trinajstić information content (AvgIpc) is 2.98. The molecular formula is C35H28N2. The lowest BCUT2D eigenvalue weighted by Gasteiger charge is -2.27. The van der Waals surface area contributed by atoms with Gasteiger partial charge in [-0.3, -0.25) is 0 Å². The van der Waals surface area contributed by atoms with Gasteiger partial charge in [0, 0.05) is 40.9 Å². The van der Waals surface area contributed by atoms with Crippen LogP contribution in [0.5, 0.6) is 0 Å². The summed E-state index contributed by atoms with van der Waals surface area (Å²) in [6.07, 6.45) is 0. The van der Waals surface area contributed by atoms with Crippen molar-refractivity contribution in [2.24, 2.45) is 0 Å². The molecule has 0 atom stereocenters. The second kappa shape index (κ2) is 10.0. The van der Waals surface area contributed by atoms with Gasteiger partial charge in [0.1, 0.15) is 0 Å². The topological polar surface area (TPSA) is 6.48 Å². The summed E-state index contributed by atoms with van der Waals surface area (Å²) in [6, 6.07) is 53.7. The maximum Gasteiger partial charge on any atom is 0.0487 e. The molecule has 0 heterocycles. The van der Waals surface area contributed by atoms with Crippen molar-refractivity contribution in [1.29, 1.82) is 0 Å². The first-order valence-electron chi connectivity index (χ1n) is 12.6. The molecule has 0 aliphatic carbocycles. The third-order valence-corrected chi connectivity index (χ3v) is 6.87. The lowest BCUT2D eigenvalue weighted by atomic mass is 10.0. The first-order valence-corrected chi connectivity index (χ1v) is 12.6. The lowest BCUT2D eigenvalue weighted by molar-refractivity contribution is 1.21. The van der Waals surface area contributed by atoms with E-state index in [1.54, 1.807) is 0 Å². The first-order chi connectivity index (χ1) is 18.3. The van der Waals surface area contributed by atoms with E-state index in [1.165, 1.54) is 27.6 Å². The highest BCUT2D eigenvalue weighted by Crippen LogP contribution is 2.37. The van der Waals surface area contributed by atoms with Gasteiger partial charge in [0.25, 0.3) is 0 Å². The maximum absolute atomic E-state index is 2.30. The third-order valence-electron chi connectivity index (χ3n) is 6.87. The van der Waals surface area contributed by atoms with E-state index < -0.39 is 0 Å². The summed E-state index contributed by atoms with van der Waals surface area (Å²) >= 11 is 0. The van der Waals surface area contributed by atoms with E-state index in [1.807, 2.05) is 0 Å². The normalized spacial score (nSPS) is 10.8. The smallest absolute Gasteiger partial charge is 0.0487 e. The summed E-state index contributed by atoms with van der Waals surface area (Å²) in [7, 11) is 2.13. The summed E-state index contributed by atoms with van der Waals surface area (Å²) in [4.78, 5) is 4.56. The van der Waals surface area contributed by atoms with Crippen molar-refractivity contribution in [3.8, 4) is 11.1 Å². The number of hydrogen-bond donors (Lipinski definition) is 0. The summed E-state index contributed by atoms with van der Waals surface area (Å²) in [5.41, 5.74) is 8.15. The molecule has 0 aliphatic heterocycles. The van der Waals surface area contributed by atoms with Crippen LogP contribution in [0.4, 0.5) is 28.4 Å². The summed E-state index contributed by atoms with van der Waals surface area (Å²) in [5, 5.41) is 2.50. The minimum Gasteiger partial charge on any atom is -0.344 e. The summed E-state index contributed by atoms with van der Waals surface area (Å²) < 4.78 is 0. The van der Waals surface area contributed by atoms with E-state index in [2.05, 4.69) is 169 Å². The fourth-order valence-electron chi connectivity index (χ4n) is 4.92. The van der Waals surface area contributed by atoms with Crippen LogP contribution in [0, 0.1) is 0 Å². The van der Waals surface area contributed by atoms with Gasteiger partial charge in [-0.25, -0.2) is 0 Å². The molecule has 6 aromatic rings. The number of hydrogen-bond acceptors (Lipinski definition) is 2. The summed E-state index contributed by atoms with van der Waals surface area (Å²) in [5.74, 6) is 0. The van der Waals surface area contributed by atoms with E-state index in [-0.39, 0.29) is 0 Å². The van der Waals surface area contributed by atoms with Crippen LogP contribution >= 0.6 is 0 Å². The zero-order valence-electron chi connectivity index (χ0n) is 20.8. The molecular weight excluding hydrogens is 448 g/mol. The standard InChI is InChI=1S/C35H28N2/c1-36(35-18-10-14-29-13-8-9-17-34(29)35)30-23-25-33(26-24-30)37(31-15-6-3-7-16-31)32-21-19-28(20-22-32)27-11-4-2-5-12-27/h2-26H,1H3. The van der Waals surface area contributed by atoms with E-state index >= 15 is 0 Å². The van der Waals surface area contributed by atoms with Gasteiger partial charge >= 0.3 is 0 Å². The highest BCUT2D eigenvalue weighted by molar-refractivity contribution is 5.96. The Hall–Kier alpha value is -4.82. The molecule has 0 aliphatic rings. The Labute approximate surface area is 218 Å². The van der Waals surface area contributed by atoms with Gasteiger partial charge in [0.05, 0.1) is 0 Å². The minimum absolute atomic E-state index is 1.12. The van der Waals surface area contributed by atoms with Gasteiger partial charge < -0.3 is 9.80 Å². The van der Waals surface area contributed by atoms with Crippen LogP contribution in [-0.4, -0.2) is 7.05 Å². The molecule has 0 bridgehead atoms. The lowest BCUT2D eigenvalue weighted by Crippen LogP contribution is -2.12. The van der Waals surface area contributed by atoms with E-state index in [0.29, 0.717) is 0 Å². The number of anilines is 5. The zero-order chi connectivity index (χ0) is 25.0. The molecule has 178 valence electrons. The average molecular weight is 477 g/mol. The number of rotatable bonds is 6. The Kier molecular flexibility index (Phi) is 6.14. The van der Waals surface area contributed by atoms with Gasteiger partial charge in [-0.05, 0) is 71.1 Å². The van der Waals surface area contributed by atoms with E-state index in [9.17, 15) is 0 Å². The molecule has 0 spiro atoms. The van der Waals surface area contributed by atoms with Crippen molar-refractivity contribution in [3.63, 3.8) is 0 Å². The maximum atomic E-state index is 2.30. The Balaban J connectivity index is 1.35. The summed E-state index contributed by atoms with van der Waals surface area (Å²) in [6.45, 7) is 0.